The number of hydrogen-bond acceptors (Lipinski definition) is 7. The molecule has 1 aromatic carbocycles. The summed E-state index contributed by atoms with van der Waals surface area (Å²) in [5.74, 6) is -3.70. The second kappa shape index (κ2) is 14.6. The smallest absolute Gasteiger partial charge is 0.417 e. The zero-order chi connectivity index (χ0) is 33.6. The van der Waals surface area contributed by atoms with Gasteiger partial charge in [-0.3, -0.25) is 14.4 Å². The summed E-state index contributed by atoms with van der Waals surface area (Å²) in [7, 11) is 6.02. The highest BCUT2D eigenvalue weighted by atomic mass is 19.2. The van der Waals surface area contributed by atoms with E-state index in [2.05, 4.69) is 10.3 Å². The molecule has 242 valence electrons. The molecule has 0 saturated carbocycles. The number of fused-ring (bicyclic) bond motifs is 1. The maximum atomic E-state index is 14.7. The van der Waals surface area contributed by atoms with Gasteiger partial charge in [0.05, 0.1) is 17.6 Å². The van der Waals surface area contributed by atoms with E-state index in [4.69, 9.17) is 4.74 Å². The Balaban J connectivity index is 1.93. The van der Waals surface area contributed by atoms with Crippen molar-refractivity contribution in [1.82, 2.24) is 23.9 Å². The van der Waals surface area contributed by atoms with Gasteiger partial charge in [-0.15, -0.1) is 0 Å². The summed E-state index contributed by atoms with van der Waals surface area (Å²) in [5.41, 5.74) is -1.24. The third-order valence-corrected chi connectivity index (χ3v) is 6.60. The van der Waals surface area contributed by atoms with Gasteiger partial charge in [-0.25, -0.2) is 27.9 Å². The minimum Gasteiger partial charge on any atom is -0.464 e. The molecule has 0 fully saturated rings. The molecule has 15 heteroatoms. The summed E-state index contributed by atoms with van der Waals surface area (Å²) in [6.07, 6.45) is 0.824. The zero-order valence-electron chi connectivity index (χ0n) is 25.8. The molecule has 0 spiro atoms. The second-order valence-electron chi connectivity index (χ2n) is 11.1. The molecular formula is C30H36F2N6O7. The molecule has 3 amide bonds. The number of carbonyl (C=O) groups is 4. The van der Waals surface area contributed by atoms with Crippen molar-refractivity contribution in [1.29, 1.82) is 0 Å². The van der Waals surface area contributed by atoms with E-state index in [0.29, 0.717) is 4.57 Å². The van der Waals surface area contributed by atoms with E-state index in [1.165, 1.54) is 49.5 Å². The van der Waals surface area contributed by atoms with Gasteiger partial charge in [0.1, 0.15) is 11.5 Å². The largest absolute Gasteiger partial charge is 0.464 e. The molecule has 2 aromatic heterocycles. The molecule has 0 saturated heterocycles. The highest BCUT2D eigenvalue weighted by Crippen LogP contribution is 2.27. The van der Waals surface area contributed by atoms with Crippen LogP contribution < -0.4 is 10.9 Å². The number of nitrogens with one attached hydrogen (secondary N) is 1. The van der Waals surface area contributed by atoms with E-state index in [9.17, 15) is 37.9 Å². The number of benzene rings is 1. The number of amides is 3. The summed E-state index contributed by atoms with van der Waals surface area (Å²) in [5, 5.41) is 12.4. The van der Waals surface area contributed by atoms with E-state index in [1.807, 2.05) is 0 Å². The van der Waals surface area contributed by atoms with Gasteiger partial charge in [0.25, 0.3) is 11.5 Å². The van der Waals surface area contributed by atoms with Crippen molar-refractivity contribution in [2.24, 2.45) is 5.92 Å². The molecule has 0 unspecified atom stereocenters. The number of likely N-dealkylation sites (N-methyl/N-ethyl adjacent to an activating group) is 1. The molecule has 0 radical (unpaired) electrons. The quantitative estimate of drug-likeness (QED) is 0.304. The number of pyridine rings is 1. The first-order valence-corrected chi connectivity index (χ1v) is 14.0. The molecule has 2 N–H and O–H groups in total. The minimum atomic E-state index is -1.52. The number of carboxylic acid groups (broad SMARTS) is 1. The van der Waals surface area contributed by atoms with Gasteiger partial charge in [0.2, 0.25) is 5.91 Å². The summed E-state index contributed by atoms with van der Waals surface area (Å²) in [4.78, 5) is 69.5. The Morgan fingerprint density at radius 3 is 2.42 bits per heavy atom. The van der Waals surface area contributed by atoms with Crippen LogP contribution >= 0.6 is 0 Å². The number of halogens is 2. The Kier molecular flexibility index (Phi) is 11.2. The van der Waals surface area contributed by atoms with Crippen LogP contribution in [-0.2, 0) is 27.3 Å². The van der Waals surface area contributed by atoms with E-state index in [0.717, 1.165) is 15.5 Å². The van der Waals surface area contributed by atoms with Crippen LogP contribution in [0.4, 0.5) is 24.1 Å². The Labute approximate surface area is 257 Å². The third-order valence-electron chi connectivity index (χ3n) is 6.60. The first kappa shape index (κ1) is 34.4. The number of allylic oxidation sites excluding steroid dienone is 1. The highest BCUT2D eigenvalue weighted by Gasteiger charge is 2.26. The van der Waals surface area contributed by atoms with Crippen molar-refractivity contribution in [3.63, 3.8) is 0 Å². The number of imidazole rings is 1. The van der Waals surface area contributed by atoms with Crippen molar-refractivity contribution in [3.05, 3.63) is 69.9 Å². The van der Waals surface area contributed by atoms with Crippen LogP contribution in [0, 0.1) is 17.6 Å². The first-order valence-electron chi connectivity index (χ1n) is 14.0. The van der Waals surface area contributed by atoms with Crippen LogP contribution in [0.25, 0.3) is 11.0 Å². The standard InChI is InChI=1S/C30H36F2N6O7/c1-17(2)14-18-25(32)19(31)15-21-26(18)34-23(38(21)29(42)43)16-37-13-9-10-20(28(37)41)33-27(40)22(45-30(44)36(5)6)11-7-8-12-24(39)35(3)4/h8-10,12-13,15,17,22H,7,11,14,16H2,1-6H3,(H,33,40)(H,42,43)/b12-8+/t22-/m0/s1. The summed E-state index contributed by atoms with van der Waals surface area (Å²) < 4.78 is 36.3. The molecule has 2 heterocycles. The molecule has 3 aromatic rings. The average Bonchev–Trinajstić information content (AvgIpc) is 3.31. The predicted octanol–water partition coefficient (Wildman–Crippen LogP) is 3.68. The van der Waals surface area contributed by atoms with Crippen LogP contribution in [0.5, 0.6) is 0 Å². The maximum Gasteiger partial charge on any atom is 0.417 e. The number of hydrogen-bond donors (Lipinski definition) is 2. The van der Waals surface area contributed by atoms with Gasteiger partial charge < -0.3 is 29.5 Å². The zero-order valence-corrected chi connectivity index (χ0v) is 25.8. The van der Waals surface area contributed by atoms with Crippen LogP contribution in [-0.4, -0.2) is 87.3 Å². The lowest BCUT2D eigenvalue weighted by Crippen LogP contribution is -2.37. The van der Waals surface area contributed by atoms with Crippen molar-refractivity contribution in [2.45, 2.75) is 45.8 Å². The van der Waals surface area contributed by atoms with Crippen molar-refractivity contribution in [3.8, 4) is 0 Å². The van der Waals surface area contributed by atoms with Gasteiger partial charge >= 0.3 is 12.2 Å². The summed E-state index contributed by atoms with van der Waals surface area (Å²) in [6, 6.07) is 3.48. The molecule has 1 atom stereocenters. The normalized spacial score (nSPS) is 12.0. The first-order chi connectivity index (χ1) is 21.1. The molecule has 13 nitrogen and oxygen atoms in total. The van der Waals surface area contributed by atoms with Gasteiger partial charge in [-0.05, 0) is 43.4 Å². The number of aromatic nitrogens is 3. The number of rotatable bonds is 11. The van der Waals surface area contributed by atoms with Gasteiger partial charge in [-0.1, -0.05) is 19.9 Å². The lowest BCUT2D eigenvalue weighted by atomic mass is 10.0. The summed E-state index contributed by atoms with van der Waals surface area (Å²) >= 11 is 0. The maximum absolute atomic E-state index is 14.7. The topological polar surface area (TPSA) is 156 Å². The Bertz CT molecular complexity index is 1690. The number of anilines is 1. The van der Waals surface area contributed by atoms with Gasteiger partial charge in [0.15, 0.2) is 17.7 Å². The Hall–Kier alpha value is -5.08. The van der Waals surface area contributed by atoms with Crippen molar-refractivity contribution >= 4 is 40.7 Å². The van der Waals surface area contributed by atoms with Crippen molar-refractivity contribution in [2.75, 3.05) is 33.5 Å². The number of nitrogens with zero attached hydrogens (tertiary/aromatic N) is 5. The average molecular weight is 631 g/mol. The Morgan fingerprint density at radius 1 is 1.13 bits per heavy atom. The molecule has 0 aliphatic heterocycles. The minimum absolute atomic E-state index is 0.00187. The monoisotopic (exact) mass is 630 g/mol. The van der Waals surface area contributed by atoms with Gasteiger partial charge in [-0.2, -0.15) is 0 Å². The van der Waals surface area contributed by atoms with E-state index < -0.39 is 47.9 Å². The molecular weight excluding hydrogens is 594 g/mol. The Morgan fingerprint density at radius 2 is 1.82 bits per heavy atom. The fourth-order valence-corrected chi connectivity index (χ4v) is 4.36. The lowest BCUT2D eigenvalue weighted by Gasteiger charge is -2.19. The fourth-order valence-electron chi connectivity index (χ4n) is 4.36. The highest BCUT2D eigenvalue weighted by molar-refractivity contribution is 5.95. The molecule has 45 heavy (non-hydrogen) atoms. The van der Waals surface area contributed by atoms with Gasteiger partial charge in [0, 0.05) is 46.0 Å². The number of ether oxygens (including phenoxy) is 1. The van der Waals surface area contributed by atoms with E-state index in [1.54, 1.807) is 27.9 Å². The SMILES string of the molecule is CC(C)Cc1c(F)c(F)cc2c1nc(Cn1cccc(NC(=O)[C@H](CC/C=C/C(=O)N(C)C)OC(=O)N(C)C)c1=O)n2C(=O)O. The predicted molar refractivity (Wildman–Crippen MR) is 161 cm³/mol. The second-order valence-corrected chi connectivity index (χ2v) is 11.1. The van der Waals surface area contributed by atoms with Crippen molar-refractivity contribution < 1.29 is 37.8 Å². The molecule has 0 bridgehead atoms. The number of carbonyl (C=O) groups excluding carboxylic acids is 3. The molecule has 0 aliphatic carbocycles. The summed E-state index contributed by atoms with van der Waals surface area (Å²) in [6.45, 7) is 3.16. The van der Waals surface area contributed by atoms with Crippen LogP contribution in [0.1, 0.15) is 38.1 Å². The van der Waals surface area contributed by atoms with Crippen LogP contribution in [0.2, 0.25) is 0 Å². The van der Waals surface area contributed by atoms with E-state index >= 15 is 0 Å². The fraction of sp³-hybridized carbons (Fsp3) is 0.400. The van der Waals surface area contributed by atoms with Crippen LogP contribution in [0.3, 0.4) is 0 Å². The van der Waals surface area contributed by atoms with Crippen LogP contribution in [0.15, 0.2) is 41.3 Å². The lowest BCUT2D eigenvalue weighted by molar-refractivity contribution is -0.125. The van der Waals surface area contributed by atoms with E-state index in [-0.39, 0.29) is 59.2 Å². The third kappa shape index (κ3) is 8.31. The molecule has 0 aliphatic rings. The molecule has 3 rings (SSSR count).